The van der Waals surface area contributed by atoms with E-state index in [1.807, 2.05) is 6.07 Å². The molecule has 0 saturated carbocycles. The van der Waals surface area contributed by atoms with Gasteiger partial charge in [-0.15, -0.1) is 6.58 Å². The molecular weight excluding hydrogens is 200 g/mol. The lowest BCUT2D eigenvalue weighted by Crippen LogP contribution is -1.88. The Hall–Kier alpha value is -2.16. The molecule has 0 atom stereocenters. The van der Waals surface area contributed by atoms with Crippen LogP contribution >= 0.6 is 0 Å². The first-order valence-corrected chi connectivity index (χ1v) is 4.93. The van der Waals surface area contributed by atoms with Crippen molar-refractivity contribution in [2.24, 2.45) is 0 Å². The molecule has 0 bridgehead atoms. The van der Waals surface area contributed by atoms with Crippen LogP contribution in [-0.2, 0) is 6.42 Å². The van der Waals surface area contributed by atoms with Gasteiger partial charge in [-0.25, -0.2) is 9.97 Å². The maximum atomic E-state index is 8.63. The normalized spacial score (nSPS) is 8.75. The minimum Gasteiger partial charge on any atom is -0.508 e. The zero-order valence-corrected chi connectivity index (χ0v) is 8.95. The number of para-hydroxylation sites is 1. The highest BCUT2D eigenvalue weighted by Crippen LogP contribution is 2.02. The third kappa shape index (κ3) is 4.91. The number of aromatic hydroxyl groups is 1. The third-order valence-corrected chi connectivity index (χ3v) is 1.70. The van der Waals surface area contributed by atoms with Crippen LogP contribution < -0.4 is 0 Å². The van der Waals surface area contributed by atoms with Gasteiger partial charge in [0.05, 0.1) is 0 Å². The van der Waals surface area contributed by atoms with Gasteiger partial charge in [-0.2, -0.15) is 0 Å². The van der Waals surface area contributed by atoms with E-state index in [-0.39, 0.29) is 0 Å². The number of aromatic nitrogens is 2. The highest BCUT2D eigenvalue weighted by molar-refractivity contribution is 5.18. The van der Waals surface area contributed by atoms with Gasteiger partial charge in [0, 0.05) is 18.8 Å². The molecule has 1 N–H and O–H groups in total. The molecule has 1 aromatic heterocycles. The molecule has 0 radical (unpaired) electrons. The molecule has 0 aliphatic carbocycles. The van der Waals surface area contributed by atoms with Crippen molar-refractivity contribution in [3.8, 4) is 5.75 Å². The zero-order chi connectivity index (χ0) is 11.6. The topological polar surface area (TPSA) is 46.0 Å². The van der Waals surface area contributed by atoms with Crippen LogP contribution in [0.1, 0.15) is 5.82 Å². The van der Waals surface area contributed by atoms with Crippen LogP contribution in [0, 0.1) is 0 Å². The van der Waals surface area contributed by atoms with Gasteiger partial charge in [0.2, 0.25) is 0 Å². The summed E-state index contributed by atoms with van der Waals surface area (Å²) in [6.45, 7) is 3.58. The molecule has 0 aliphatic heterocycles. The van der Waals surface area contributed by atoms with E-state index in [2.05, 4.69) is 16.5 Å². The van der Waals surface area contributed by atoms with E-state index in [1.165, 1.54) is 0 Å². The summed E-state index contributed by atoms with van der Waals surface area (Å²) in [6, 6.07) is 10.5. The fourth-order valence-corrected chi connectivity index (χ4v) is 0.992. The van der Waals surface area contributed by atoms with Gasteiger partial charge in [0.15, 0.2) is 0 Å². The number of phenolic OH excluding ortho intramolecular Hbond substituents is 1. The number of allylic oxidation sites excluding steroid dienone is 1. The lowest BCUT2D eigenvalue weighted by molar-refractivity contribution is 0.475. The lowest BCUT2D eigenvalue weighted by Gasteiger charge is -1.89. The first-order valence-electron chi connectivity index (χ1n) is 4.93. The summed E-state index contributed by atoms with van der Waals surface area (Å²) in [7, 11) is 0. The van der Waals surface area contributed by atoms with Gasteiger partial charge >= 0.3 is 0 Å². The molecule has 0 fully saturated rings. The van der Waals surface area contributed by atoms with E-state index in [4.69, 9.17) is 5.11 Å². The van der Waals surface area contributed by atoms with Gasteiger partial charge in [-0.3, -0.25) is 0 Å². The molecule has 82 valence electrons. The van der Waals surface area contributed by atoms with Crippen LogP contribution in [0.2, 0.25) is 0 Å². The number of benzene rings is 1. The standard InChI is InChI=1S/C7H8N2.C6H6O/c1-2-4-7-8-5-3-6-9-7;7-6-4-2-1-3-5-6/h2-3,5-6H,1,4H2;1-5,7H. The predicted molar refractivity (Wildman–Crippen MR) is 64.0 cm³/mol. The van der Waals surface area contributed by atoms with Crippen molar-refractivity contribution in [3.05, 3.63) is 67.3 Å². The van der Waals surface area contributed by atoms with Crippen LogP contribution in [0.15, 0.2) is 61.4 Å². The molecule has 0 saturated heterocycles. The minimum absolute atomic E-state index is 0.322. The van der Waals surface area contributed by atoms with Gasteiger partial charge in [-0.1, -0.05) is 24.3 Å². The van der Waals surface area contributed by atoms with E-state index in [0.29, 0.717) is 5.75 Å². The SMILES string of the molecule is C=CCc1ncccn1.Oc1ccccc1. The Morgan fingerprint density at radius 2 is 1.69 bits per heavy atom. The zero-order valence-electron chi connectivity index (χ0n) is 8.95. The third-order valence-electron chi connectivity index (χ3n) is 1.70. The second-order valence-electron chi connectivity index (χ2n) is 2.99. The largest absolute Gasteiger partial charge is 0.508 e. The second-order valence-corrected chi connectivity index (χ2v) is 2.99. The smallest absolute Gasteiger partial charge is 0.131 e. The molecule has 1 heterocycles. The number of hydrogen-bond donors (Lipinski definition) is 1. The van der Waals surface area contributed by atoms with E-state index in [9.17, 15) is 0 Å². The first-order chi connectivity index (χ1) is 7.83. The van der Waals surface area contributed by atoms with Gasteiger partial charge in [-0.05, 0) is 18.2 Å². The molecule has 0 amide bonds. The average molecular weight is 214 g/mol. The Balaban J connectivity index is 0.000000165. The van der Waals surface area contributed by atoms with Gasteiger partial charge < -0.3 is 5.11 Å². The second kappa shape index (κ2) is 7.17. The van der Waals surface area contributed by atoms with E-state index in [1.54, 1.807) is 48.8 Å². The average Bonchev–Trinajstić information content (AvgIpc) is 2.33. The molecule has 16 heavy (non-hydrogen) atoms. The van der Waals surface area contributed by atoms with Gasteiger partial charge in [0.25, 0.3) is 0 Å². The number of phenols is 1. The molecule has 2 rings (SSSR count). The summed E-state index contributed by atoms with van der Waals surface area (Å²) in [5.41, 5.74) is 0. The van der Waals surface area contributed by atoms with E-state index >= 15 is 0 Å². The van der Waals surface area contributed by atoms with Crippen molar-refractivity contribution < 1.29 is 5.11 Å². The minimum atomic E-state index is 0.322. The Morgan fingerprint density at radius 3 is 2.12 bits per heavy atom. The summed E-state index contributed by atoms with van der Waals surface area (Å²) in [5.74, 6) is 1.15. The molecule has 3 nitrogen and oxygen atoms in total. The van der Waals surface area contributed by atoms with Crippen molar-refractivity contribution in [1.82, 2.24) is 9.97 Å². The van der Waals surface area contributed by atoms with Crippen LogP contribution in [0.3, 0.4) is 0 Å². The Labute approximate surface area is 95.1 Å². The first kappa shape index (κ1) is 11.9. The maximum Gasteiger partial charge on any atom is 0.131 e. The number of hydrogen-bond acceptors (Lipinski definition) is 3. The van der Waals surface area contributed by atoms with Crippen molar-refractivity contribution in [2.45, 2.75) is 6.42 Å². The van der Waals surface area contributed by atoms with Crippen molar-refractivity contribution in [1.29, 1.82) is 0 Å². The lowest BCUT2D eigenvalue weighted by atomic mass is 10.3. The molecule has 1 aromatic carbocycles. The fourth-order valence-electron chi connectivity index (χ4n) is 0.992. The van der Waals surface area contributed by atoms with Crippen LogP contribution in [0.25, 0.3) is 0 Å². The Bertz CT molecular complexity index is 401. The predicted octanol–water partition coefficient (Wildman–Crippen LogP) is 2.60. The highest BCUT2D eigenvalue weighted by Gasteiger charge is 1.85. The highest BCUT2D eigenvalue weighted by atomic mass is 16.3. The molecule has 0 unspecified atom stereocenters. The summed E-state index contributed by atoms with van der Waals surface area (Å²) >= 11 is 0. The Morgan fingerprint density at radius 1 is 1.06 bits per heavy atom. The van der Waals surface area contributed by atoms with Crippen molar-refractivity contribution in [3.63, 3.8) is 0 Å². The summed E-state index contributed by atoms with van der Waals surface area (Å²) in [4.78, 5) is 7.97. The summed E-state index contributed by atoms with van der Waals surface area (Å²) < 4.78 is 0. The summed E-state index contributed by atoms with van der Waals surface area (Å²) in [5, 5.41) is 8.63. The number of nitrogens with zero attached hydrogens (tertiary/aromatic N) is 2. The molecule has 2 aromatic rings. The number of rotatable bonds is 2. The maximum absolute atomic E-state index is 8.63. The van der Waals surface area contributed by atoms with Gasteiger partial charge in [0.1, 0.15) is 11.6 Å². The Kier molecular flexibility index (Phi) is 5.34. The quantitative estimate of drug-likeness (QED) is 0.781. The monoisotopic (exact) mass is 214 g/mol. The fraction of sp³-hybridized carbons (Fsp3) is 0.0769. The summed E-state index contributed by atoms with van der Waals surface area (Å²) in [6.07, 6.45) is 5.99. The van der Waals surface area contributed by atoms with E-state index in [0.717, 1.165) is 12.2 Å². The molecule has 3 heteroatoms. The van der Waals surface area contributed by atoms with Crippen LogP contribution in [0.4, 0.5) is 0 Å². The van der Waals surface area contributed by atoms with Crippen LogP contribution in [-0.4, -0.2) is 15.1 Å². The van der Waals surface area contributed by atoms with E-state index < -0.39 is 0 Å². The van der Waals surface area contributed by atoms with Crippen molar-refractivity contribution in [2.75, 3.05) is 0 Å². The molecule has 0 aliphatic rings. The molecular formula is C13H14N2O. The molecule has 0 spiro atoms. The van der Waals surface area contributed by atoms with Crippen molar-refractivity contribution >= 4 is 0 Å². The van der Waals surface area contributed by atoms with Crippen LogP contribution in [0.5, 0.6) is 5.75 Å².